The van der Waals surface area contributed by atoms with Gasteiger partial charge in [-0.05, 0) is 37.1 Å². The molecule has 2 aromatic heterocycles. The molecule has 148 valence electrons. The number of amides is 1. The van der Waals surface area contributed by atoms with E-state index in [4.69, 9.17) is 0 Å². The lowest BCUT2D eigenvalue weighted by Crippen LogP contribution is -2.49. The lowest BCUT2D eigenvalue weighted by Gasteiger charge is -2.34. The number of fused-ring (bicyclic) bond motifs is 2. The number of carbonyl (C=O) groups is 1. The Kier molecular flexibility index (Phi) is 4.46. The van der Waals surface area contributed by atoms with Gasteiger partial charge in [0, 0.05) is 57.1 Å². The first-order chi connectivity index (χ1) is 14.2. The van der Waals surface area contributed by atoms with Crippen LogP contribution in [-0.2, 0) is 13.0 Å². The van der Waals surface area contributed by atoms with Gasteiger partial charge in [-0.1, -0.05) is 0 Å². The van der Waals surface area contributed by atoms with Crippen LogP contribution >= 0.6 is 0 Å². The third-order valence-corrected chi connectivity index (χ3v) is 5.72. The number of carbonyl (C=O) groups excluding carboxylic acids is 1. The van der Waals surface area contributed by atoms with Crippen molar-refractivity contribution in [3.05, 3.63) is 58.4 Å². The molecule has 0 aliphatic carbocycles. The van der Waals surface area contributed by atoms with E-state index in [0.29, 0.717) is 48.6 Å². The van der Waals surface area contributed by atoms with Gasteiger partial charge in [0.25, 0.3) is 11.5 Å². The minimum absolute atomic E-state index is 0.000161. The number of aromatic nitrogens is 4. The smallest absolute Gasteiger partial charge is 0.261 e. The zero-order valence-electron chi connectivity index (χ0n) is 16.1. The molecule has 1 fully saturated rings. The molecule has 29 heavy (non-hydrogen) atoms. The van der Waals surface area contributed by atoms with E-state index < -0.39 is 0 Å². The second-order valence-corrected chi connectivity index (χ2v) is 7.50. The van der Waals surface area contributed by atoms with E-state index in [1.807, 2.05) is 4.90 Å². The summed E-state index contributed by atoms with van der Waals surface area (Å²) in [6.07, 6.45) is 6.32. The van der Waals surface area contributed by atoms with Crippen molar-refractivity contribution in [2.24, 2.45) is 0 Å². The van der Waals surface area contributed by atoms with Crippen molar-refractivity contribution < 1.29 is 4.79 Å². The Morgan fingerprint density at radius 3 is 2.55 bits per heavy atom. The Balaban J connectivity index is 1.37. The van der Waals surface area contributed by atoms with Gasteiger partial charge >= 0.3 is 0 Å². The van der Waals surface area contributed by atoms with E-state index in [1.54, 1.807) is 41.2 Å². The molecule has 3 aromatic rings. The monoisotopic (exact) mass is 390 g/mol. The predicted octanol–water partition coefficient (Wildman–Crippen LogP) is 1.49. The molecule has 0 unspecified atom stereocenters. The highest BCUT2D eigenvalue weighted by atomic mass is 16.2. The summed E-state index contributed by atoms with van der Waals surface area (Å²) in [4.78, 5) is 42.9. The molecule has 1 saturated heterocycles. The predicted molar refractivity (Wildman–Crippen MR) is 109 cm³/mol. The molecule has 8 nitrogen and oxygen atoms in total. The Bertz CT molecular complexity index is 1120. The van der Waals surface area contributed by atoms with Crippen LogP contribution in [0.25, 0.3) is 10.9 Å². The summed E-state index contributed by atoms with van der Waals surface area (Å²) in [5.74, 6) is 1.50. The first kappa shape index (κ1) is 17.8. The van der Waals surface area contributed by atoms with Gasteiger partial charge in [0.05, 0.1) is 10.9 Å². The molecule has 0 saturated carbocycles. The molecule has 2 aliphatic heterocycles. The van der Waals surface area contributed by atoms with Crippen LogP contribution in [0.15, 0.2) is 41.5 Å². The molecule has 0 bridgehead atoms. The van der Waals surface area contributed by atoms with Crippen LogP contribution in [-0.4, -0.2) is 56.5 Å². The summed E-state index contributed by atoms with van der Waals surface area (Å²) in [5, 5.41) is 0.582. The Hall–Kier alpha value is -3.29. The van der Waals surface area contributed by atoms with Crippen molar-refractivity contribution >= 4 is 22.8 Å². The number of hydrogen-bond donors (Lipinski definition) is 0. The molecule has 0 N–H and O–H groups in total. The average molecular weight is 390 g/mol. The van der Waals surface area contributed by atoms with Crippen LogP contribution in [0.4, 0.5) is 5.95 Å². The molecule has 1 aromatic carbocycles. The third-order valence-electron chi connectivity index (χ3n) is 5.72. The van der Waals surface area contributed by atoms with Crippen molar-refractivity contribution in [3.63, 3.8) is 0 Å². The van der Waals surface area contributed by atoms with Gasteiger partial charge in [-0.25, -0.2) is 15.0 Å². The van der Waals surface area contributed by atoms with Crippen molar-refractivity contribution in [1.29, 1.82) is 0 Å². The fourth-order valence-corrected chi connectivity index (χ4v) is 4.12. The Labute approximate surface area is 167 Å². The van der Waals surface area contributed by atoms with Gasteiger partial charge in [0.15, 0.2) is 0 Å². The zero-order valence-corrected chi connectivity index (χ0v) is 16.1. The molecule has 0 radical (unpaired) electrons. The maximum Gasteiger partial charge on any atom is 0.261 e. The fraction of sp³-hybridized carbons (Fsp3) is 0.381. The van der Waals surface area contributed by atoms with Gasteiger partial charge in [-0.15, -0.1) is 0 Å². The number of rotatable bonds is 2. The Morgan fingerprint density at radius 2 is 1.76 bits per heavy atom. The van der Waals surface area contributed by atoms with E-state index in [0.717, 1.165) is 31.6 Å². The highest BCUT2D eigenvalue weighted by Gasteiger charge is 2.24. The number of hydrogen-bond acceptors (Lipinski definition) is 6. The highest BCUT2D eigenvalue weighted by molar-refractivity contribution is 5.97. The van der Waals surface area contributed by atoms with Crippen molar-refractivity contribution in [2.75, 3.05) is 31.1 Å². The quantitative estimate of drug-likeness (QED) is 0.659. The SMILES string of the molecule is O=C(c1ccc2c(=O)n3c(nc2c1)CCCC3)N1CCN(c2ncccn2)CC1. The Morgan fingerprint density at radius 1 is 0.966 bits per heavy atom. The minimum atomic E-state index is -0.0276. The molecule has 0 spiro atoms. The van der Waals surface area contributed by atoms with Gasteiger partial charge in [0.1, 0.15) is 5.82 Å². The number of nitrogens with zero attached hydrogens (tertiary/aromatic N) is 6. The molecular formula is C21H22N6O2. The standard InChI is InChI=1S/C21H22N6O2/c28-19(25-10-12-26(13-11-25)21-22-7-3-8-23-21)15-5-6-16-17(14-15)24-18-4-1-2-9-27(18)20(16)29/h3,5-8,14H,1-2,4,9-13H2. The second kappa shape index (κ2) is 7.27. The topological polar surface area (TPSA) is 84.2 Å². The van der Waals surface area contributed by atoms with E-state index in [-0.39, 0.29) is 11.5 Å². The number of anilines is 1. The van der Waals surface area contributed by atoms with E-state index in [9.17, 15) is 9.59 Å². The summed E-state index contributed by atoms with van der Waals surface area (Å²) < 4.78 is 1.78. The molecule has 1 amide bonds. The lowest BCUT2D eigenvalue weighted by molar-refractivity contribution is 0.0746. The summed E-state index contributed by atoms with van der Waals surface area (Å²) in [6, 6.07) is 7.05. The van der Waals surface area contributed by atoms with Crippen molar-refractivity contribution in [2.45, 2.75) is 25.8 Å². The molecule has 0 atom stereocenters. The maximum atomic E-state index is 13.0. The van der Waals surface area contributed by atoms with Crippen LogP contribution in [0.3, 0.4) is 0 Å². The van der Waals surface area contributed by atoms with Crippen LogP contribution in [0.2, 0.25) is 0 Å². The van der Waals surface area contributed by atoms with Crippen LogP contribution < -0.4 is 10.5 Å². The minimum Gasteiger partial charge on any atom is -0.337 e. The number of aryl methyl sites for hydroxylation is 1. The average Bonchev–Trinajstić information content (AvgIpc) is 2.79. The van der Waals surface area contributed by atoms with Crippen molar-refractivity contribution in [3.8, 4) is 0 Å². The van der Waals surface area contributed by atoms with Gasteiger partial charge in [0.2, 0.25) is 5.95 Å². The molecule has 2 aliphatic rings. The van der Waals surface area contributed by atoms with Crippen LogP contribution in [0, 0.1) is 0 Å². The molecule has 4 heterocycles. The summed E-state index contributed by atoms with van der Waals surface area (Å²) in [6.45, 7) is 3.32. The van der Waals surface area contributed by atoms with Crippen molar-refractivity contribution in [1.82, 2.24) is 24.4 Å². The van der Waals surface area contributed by atoms with Gasteiger partial charge in [-0.2, -0.15) is 0 Å². The zero-order chi connectivity index (χ0) is 19.8. The maximum absolute atomic E-state index is 13.0. The number of piperazine rings is 1. The summed E-state index contributed by atoms with van der Waals surface area (Å²) in [5.41, 5.74) is 1.19. The lowest BCUT2D eigenvalue weighted by atomic mass is 10.1. The molecule has 8 heteroatoms. The first-order valence-electron chi connectivity index (χ1n) is 10.1. The molecule has 5 rings (SSSR count). The normalized spacial score (nSPS) is 16.7. The van der Waals surface area contributed by atoms with Crippen LogP contribution in [0.1, 0.15) is 29.0 Å². The highest BCUT2D eigenvalue weighted by Crippen LogP contribution is 2.18. The van der Waals surface area contributed by atoms with E-state index >= 15 is 0 Å². The van der Waals surface area contributed by atoms with E-state index in [1.165, 1.54) is 0 Å². The second-order valence-electron chi connectivity index (χ2n) is 7.50. The third kappa shape index (κ3) is 3.24. The fourth-order valence-electron chi connectivity index (χ4n) is 4.12. The summed E-state index contributed by atoms with van der Waals surface area (Å²) in [7, 11) is 0. The van der Waals surface area contributed by atoms with E-state index in [2.05, 4.69) is 19.9 Å². The van der Waals surface area contributed by atoms with Crippen LogP contribution in [0.5, 0.6) is 0 Å². The van der Waals surface area contributed by atoms with Gasteiger partial charge < -0.3 is 9.80 Å². The first-order valence-corrected chi connectivity index (χ1v) is 10.1. The number of benzene rings is 1. The van der Waals surface area contributed by atoms with Gasteiger partial charge in [-0.3, -0.25) is 14.2 Å². The molecular weight excluding hydrogens is 368 g/mol. The summed E-state index contributed by atoms with van der Waals surface area (Å²) >= 11 is 0. The largest absolute Gasteiger partial charge is 0.337 e.